The van der Waals surface area contributed by atoms with Gasteiger partial charge in [-0.15, -0.1) is 0 Å². The summed E-state index contributed by atoms with van der Waals surface area (Å²) in [5, 5.41) is 0. The minimum absolute atomic E-state index is 0.495. The third-order valence-corrected chi connectivity index (χ3v) is 3.65. The lowest BCUT2D eigenvalue weighted by molar-refractivity contribution is 0.449. The molecule has 0 spiro atoms. The van der Waals surface area contributed by atoms with E-state index in [0.717, 1.165) is 5.92 Å². The summed E-state index contributed by atoms with van der Waals surface area (Å²) in [6.07, 6.45) is 6.77. The predicted molar refractivity (Wildman–Crippen MR) is 64.4 cm³/mol. The Kier molecular flexibility index (Phi) is 3.80. The van der Waals surface area contributed by atoms with E-state index in [1.807, 2.05) is 0 Å². The molecule has 0 radical (unpaired) electrons. The van der Waals surface area contributed by atoms with E-state index in [4.69, 9.17) is 0 Å². The van der Waals surface area contributed by atoms with Gasteiger partial charge < -0.3 is 0 Å². The highest BCUT2D eigenvalue weighted by molar-refractivity contribution is 5.25. The summed E-state index contributed by atoms with van der Waals surface area (Å²) in [5.41, 5.74) is 4.04. The third kappa shape index (κ3) is 2.40. The molecule has 0 nitrogen and oxygen atoms in total. The SMILES string of the molecule is CCCC(=C1CCCC1(C)C)C(C)C. The molecule has 1 rings (SSSR count). The molecule has 0 heterocycles. The molecule has 0 unspecified atom stereocenters. The zero-order chi connectivity index (χ0) is 10.8. The van der Waals surface area contributed by atoms with E-state index in [1.54, 1.807) is 11.1 Å². The van der Waals surface area contributed by atoms with Crippen LogP contribution in [0.4, 0.5) is 0 Å². The van der Waals surface area contributed by atoms with Crippen LogP contribution >= 0.6 is 0 Å². The highest BCUT2D eigenvalue weighted by Crippen LogP contribution is 2.45. The lowest BCUT2D eigenvalue weighted by Gasteiger charge is -2.26. The fraction of sp³-hybridized carbons (Fsp3) is 0.857. The Morgan fingerprint density at radius 1 is 1.36 bits per heavy atom. The molecule has 0 bridgehead atoms. The molecule has 1 saturated carbocycles. The minimum Gasteiger partial charge on any atom is -0.0679 e. The van der Waals surface area contributed by atoms with E-state index in [9.17, 15) is 0 Å². The molecule has 0 aromatic rings. The van der Waals surface area contributed by atoms with E-state index in [2.05, 4.69) is 34.6 Å². The van der Waals surface area contributed by atoms with Crippen molar-refractivity contribution >= 4 is 0 Å². The van der Waals surface area contributed by atoms with Gasteiger partial charge in [-0.2, -0.15) is 0 Å². The van der Waals surface area contributed by atoms with E-state index >= 15 is 0 Å². The van der Waals surface area contributed by atoms with Crippen molar-refractivity contribution in [1.29, 1.82) is 0 Å². The fourth-order valence-electron chi connectivity index (χ4n) is 2.85. The highest BCUT2D eigenvalue weighted by atomic mass is 14.4. The van der Waals surface area contributed by atoms with Crippen molar-refractivity contribution in [2.45, 2.75) is 66.7 Å². The Labute approximate surface area is 89.8 Å². The molecule has 0 heteroatoms. The summed E-state index contributed by atoms with van der Waals surface area (Å²) in [4.78, 5) is 0. The summed E-state index contributed by atoms with van der Waals surface area (Å²) >= 11 is 0. The maximum Gasteiger partial charge on any atom is -0.0142 e. The quantitative estimate of drug-likeness (QED) is 0.558. The maximum atomic E-state index is 2.42. The van der Waals surface area contributed by atoms with Crippen LogP contribution in [0.25, 0.3) is 0 Å². The Balaban J connectivity index is 2.96. The van der Waals surface area contributed by atoms with Crippen molar-refractivity contribution in [3.63, 3.8) is 0 Å². The maximum absolute atomic E-state index is 2.42. The average Bonchev–Trinajstić information content (AvgIpc) is 2.40. The largest absolute Gasteiger partial charge is 0.0679 e. The molecule has 1 fully saturated rings. The molecule has 1 aliphatic carbocycles. The Morgan fingerprint density at radius 2 is 2.00 bits per heavy atom. The van der Waals surface area contributed by atoms with Crippen molar-refractivity contribution < 1.29 is 0 Å². The van der Waals surface area contributed by atoms with Gasteiger partial charge in [0.1, 0.15) is 0 Å². The zero-order valence-corrected chi connectivity index (χ0v) is 10.6. The Bertz CT molecular complexity index is 218. The molecule has 0 amide bonds. The van der Waals surface area contributed by atoms with Crippen LogP contribution in [0, 0.1) is 11.3 Å². The third-order valence-electron chi connectivity index (χ3n) is 3.65. The molecule has 0 saturated heterocycles. The summed E-state index contributed by atoms with van der Waals surface area (Å²) < 4.78 is 0. The van der Waals surface area contributed by atoms with Crippen LogP contribution in [0.1, 0.15) is 66.7 Å². The molecular formula is C14H26. The number of rotatable bonds is 3. The van der Waals surface area contributed by atoms with E-state index < -0.39 is 0 Å². The van der Waals surface area contributed by atoms with Crippen LogP contribution in [-0.2, 0) is 0 Å². The Morgan fingerprint density at radius 3 is 2.36 bits per heavy atom. The first-order valence-electron chi connectivity index (χ1n) is 6.21. The van der Waals surface area contributed by atoms with E-state index in [0.29, 0.717) is 5.41 Å². The molecule has 0 aliphatic heterocycles. The molecule has 82 valence electrons. The van der Waals surface area contributed by atoms with Crippen LogP contribution in [0.2, 0.25) is 0 Å². The van der Waals surface area contributed by atoms with Crippen molar-refractivity contribution in [3.8, 4) is 0 Å². The topological polar surface area (TPSA) is 0 Å². The van der Waals surface area contributed by atoms with Crippen LogP contribution in [0.15, 0.2) is 11.1 Å². The summed E-state index contributed by atoms with van der Waals surface area (Å²) in [6, 6.07) is 0. The van der Waals surface area contributed by atoms with Crippen molar-refractivity contribution in [2.24, 2.45) is 11.3 Å². The molecule has 0 N–H and O–H groups in total. The van der Waals surface area contributed by atoms with Gasteiger partial charge >= 0.3 is 0 Å². The first kappa shape index (κ1) is 11.8. The van der Waals surface area contributed by atoms with Gasteiger partial charge in [-0.1, -0.05) is 52.2 Å². The molecular weight excluding hydrogens is 168 g/mol. The van der Waals surface area contributed by atoms with E-state index in [1.165, 1.54) is 32.1 Å². The molecule has 0 atom stereocenters. The van der Waals surface area contributed by atoms with Gasteiger partial charge in [0.25, 0.3) is 0 Å². The van der Waals surface area contributed by atoms with Crippen LogP contribution in [0.5, 0.6) is 0 Å². The van der Waals surface area contributed by atoms with Crippen molar-refractivity contribution in [2.75, 3.05) is 0 Å². The van der Waals surface area contributed by atoms with Crippen LogP contribution < -0.4 is 0 Å². The van der Waals surface area contributed by atoms with Gasteiger partial charge in [0, 0.05) is 0 Å². The number of hydrogen-bond acceptors (Lipinski definition) is 0. The van der Waals surface area contributed by atoms with E-state index in [-0.39, 0.29) is 0 Å². The van der Waals surface area contributed by atoms with Crippen LogP contribution in [0.3, 0.4) is 0 Å². The second-order valence-electron chi connectivity index (χ2n) is 5.65. The van der Waals surface area contributed by atoms with Crippen molar-refractivity contribution in [3.05, 3.63) is 11.1 Å². The summed E-state index contributed by atoms with van der Waals surface area (Å²) in [6.45, 7) is 11.9. The second-order valence-corrected chi connectivity index (χ2v) is 5.65. The Hall–Kier alpha value is -0.260. The summed E-state index contributed by atoms with van der Waals surface area (Å²) in [7, 11) is 0. The summed E-state index contributed by atoms with van der Waals surface area (Å²) in [5.74, 6) is 0.752. The normalized spacial score (nSPS) is 24.4. The van der Waals surface area contributed by atoms with Gasteiger partial charge in [0.2, 0.25) is 0 Å². The lowest BCUT2D eigenvalue weighted by atomic mass is 9.80. The monoisotopic (exact) mass is 194 g/mol. The molecule has 0 aromatic carbocycles. The zero-order valence-electron chi connectivity index (χ0n) is 10.6. The fourth-order valence-corrected chi connectivity index (χ4v) is 2.85. The lowest BCUT2D eigenvalue weighted by Crippen LogP contribution is -2.12. The standard InChI is InChI=1S/C14H26/c1-6-8-12(11(2)3)13-9-7-10-14(13,4)5/h11H,6-10H2,1-5H3. The molecule has 14 heavy (non-hydrogen) atoms. The first-order valence-corrected chi connectivity index (χ1v) is 6.21. The van der Waals surface area contributed by atoms with Gasteiger partial charge in [-0.05, 0) is 37.0 Å². The number of hydrogen-bond donors (Lipinski definition) is 0. The number of allylic oxidation sites excluding steroid dienone is 2. The molecule has 1 aliphatic rings. The van der Waals surface area contributed by atoms with Gasteiger partial charge in [-0.3, -0.25) is 0 Å². The average molecular weight is 194 g/mol. The second kappa shape index (κ2) is 4.51. The smallest absolute Gasteiger partial charge is 0.0142 e. The van der Waals surface area contributed by atoms with Crippen LogP contribution in [-0.4, -0.2) is 0 Å². The predicted octanol–water partition coefficient (Wildman–Crippen LogP) is 4.95. The highest BCUT2D eigenvalue weighted by Gasteiger charge is 2.31. The van der Waals surface area contributed by atoms with Gasteiger partial charge in [-0.25, -0.2) is 0 Å². The van der Waals surface area contributed by atoms with Crippen molar-refractivity contribution in [1.82, 2.24) is 0 Å². The first-order chi connectivity index (χ1) is 6.49. The molecule has 0 aromatic heterocycles. The van der Waals surface area contributed by atoms with Gasteiger partial charge in [0.05, 0.1) is 0 Å². The van der Waals surface area contributed by atoms with Gasteiger partial charge in [0.15, 0.2) is 0 Å². The minimum atomic E-state index is 0.495.